The normalized spacial score (nSPS) is 10.3. The summed E-state index contributed by atoms with van der Waals surface area (Å²) in [6.07, 6.45) is 0. The molecule has 0 aliphatic carbocycles. The van der Waals surface area contributed by atoms with Crippen LogP contribution in [0.3, 0.4) is 0 Å². The van der Waals surface area contributed by atoms with Gasteiger partial charge in [-0.3, -0.25) is 0 Å². The predicted molar refractivity (Wildman–Crippen MR) is 95.3 cm³/mol. The van der Waals surface area contributed by atoms with E-state index in [9.17, 15) is 0 Å². The van der Waals surface area contributed by atoms with Crippen molar-refractivity contribution in [1.82, 2.24) is 15.0 Å². The summed E-state index contributed by atoms with van der Waals surface area (Å²) in [5.74, 6) is 0.834. The second-order valence-corrected chi connectivity index (χ2v) is 5.45. The maximum Gasteiger partial charge on any atom is 0.322 e. The molecule has 0 unspecified atom stereocenters. The summed E-state index contributed by atoms with van der Waals surface area (Å²) in [4.78, 5) is 12.9. The Balaban J connectivity index is 1.84. The highest BCUT2D eigenvalue weighted by molar-refractivity contribution is 5.58. The highest BCUT2D eigenvalue weighted by Crippen LogP contribution is 2.19. The predicted octanol–water partition coefficient (Wildman–Crippen LogP) is 3.98. The van der Waals surface area contributed by atoms with E-state index in [2.05, 4.69) is 25.6 Å². The van der Waals surface area contributed by atoms with Gasteiger partial charge in [-0.15, -0.1) is 0 Å². The molecular formula is C18H19N5O. The smallest absolute Gasteiger partial charge is 0.322 e. The van der Waals surface area contributed by atoms with Gasteiger partial charge in [-0.2, -0.15) is 15.0 Å². The first-order valence-corrected chi connectivity index (χ1v) is 7.60. The fourth-order valence-corrected chi connectivity index (χ4v) is 2.09. The van der Waals surface area contributed by atoms with Gasteiger partial charge < -0.3 is 15.4 Å². The van der Waals surface area contributed by atoms with E-state index in [4.69, 9.17) is 4.74 Å². The first-order valence-electron chi connectivity index (χ1n) is 7.60. The van der Waals surface area contributed by atoms with Gasteiger partial charge in [-0.1, -0.05) is 35.4 Å². The molecule has 1 heterocycles. The standard InChI is InChI=1S/C18H19N5O/c1-12-4-8-14(9-5-12)19-16-21-17(23-18(22-16)24-3)20-15-10-6-13(2)7-11-15/h4-11H,1-3H3,(H2,19,20,21,22,23). The van der Waals surface area contributed by atoms with Crippen molar-refractivity contribution in [2.24, 2.45) is 0 Å². The number of hydrogen-bond acceptors (Lipinski definition) is 6. The van der Waals surface area contributed by atoms with Crippen LogP contribution in [0.1, 0.15) is 11.1 Å². The lowest BCUT2D eigenvalue weighted by molar-refractivity contribution is 0.380. The number of anilines is 4. The van der Waals surface area contributed by atoms with E-state index in [-0.39, 0.29) is 6.01 Å². The van der Waals surface area contributed by atoms with Gasteiger partial charge in [0.25, 0.3) is 0 Å². The van der Waals surface area contributed by atoms with Gasteiger partial charge >= 0.3 is 6.01 Å². The number of methoxy groups -OCH3 is 1. The van der Waals surface area contributed by atoms with E-state index in [1.54, 1.807) is 0 Å². The van der Waals surface area contributed by atoms with E-state index < -0.39 is 0 Å². The van der Waals surface area contributed by atoms with Crippen LogP contribution >= 0.6 is 0 Å². The van der Waals surface area contributed by atoms with Crippen LogP contribution in [0.25, 0.3) is 0 Å². The fraction of sp³-hybridized carbons (Fsp3) is 0.167. The van der Waals surface area contributed by atoms with Gasteiger partial charge in [0.05, 0.1) is 7.11 Å². The Morgan fingerprint density at radius 1 is 0.667 bits per heavy atom. The summed E-state index contributed by atoms with van der Waals surface area (Å²) >= 11 is 0. The van der Waals surface area contributed by atoms with Crippen LogP contribution in [0.2, 0.25) is 0 Å². The highest BCUT2D eigenvalue weighted by Gasteiger charge is 2.07. The molecule has 2 N–H and O–H groups in total. The van der Waals surface area contributed by atoms with Gasteiger partial charge in [0.15, 0.2) is 0 Å². The van der Waals surface area contributed by atoms with E-state index in [1.165, 1.54) is 18.2 Å². The minimum Gasteiger partial charge on any atom is -0.467 e. The van der Waals surface area contributed by atoms with Crippen molar-refractivity contribution in [3.8, 4) is 6.01 Å². The van der Waals surface area contributed by atoms with Crippen LogP contribution in [0.5, 0.6) is 6.01 Å². The monoisotopic (exact) mass is 321 g/mol. The van der Waals surface area contributed by atoms with Crippen LogP contribution in [0.4, 0.5) is 23.3 Å². The Morgan fingerprint density at radius 3 is 1.46 bits per heavy atom. The molecule has 122 valence electrons. The van der Waals surface area contributed by atoms with E-state index >= 15 is 0 Å². The van der Waals surface area contributed by atoms with Gasteiger partial charge in [-0.05, 0) is 38.1 Å². The Bertz CT molecular complexity index is 750. The van der Waals surface area contributed by atoms with Crippen molar-refractivity contribution >= 4 is 23.3 Å². The Morgan fingerprint density at radius 2 is 1.08 bits per heavy atom. The molecular weight excluding hydrogens is 302 g/mol. The lowest BCUT2D eigenvalue weighted by atomic mass is 10.2. The summed E-state index contributed by atoms with van der Waals surface area (Å²) < 4.78 is 5.17. The molecule has 0 saturated heterocycles. The molecule has 2 aromatic carbocycles. The molecule has 0 radical (unpaired) electrons. The van der Waals surface area contributed by atoms with Crippen LogP contribution in [0.15, 0.2) is 48.5 Å². The molecule has 3 aromatic rings. The molecule has 6 nitrogen and oxygen atoms in total. The highest BCUT2D eigenvalue weighted by atomic mass is 16.5. The molecule has 1 aromatic heterocycles. The maximum atomic E-state index is 5.17. The van der Waals surface area contributed by atoms with Crippen molar-refractivity contribution in [2.45, 2.75) is 13.8 Å². The van der Waals surface area contributed by atoms with Crippen molar-refractivity contribution in [1.29, 1.82) is 0 Å². The number of aryl methyl sites for hydroxylation is 2. The zero-order chi connectivity index (χ0) is 16.9. The molecule has 3 rings (SSSR count). The number of nitrogens with one attached hydrogen (secondary N) is 2. The van der Waals surface area contributed by atoms with Crippen molar-refractivity contribution in [2.75, 3.05) is 17.7 Å². The molecule has 0 spiro atoms. The van der Waals surface area contributed by atoms with Crippen LogP contribution in [-0.2, 0) is 0 Å². The third-order valence-corrected chi connectivity index (χ3v) is 3.41. The van der Waals surface area contributed by atoms with E-state index in [0.29, 0.717) is 11.9 Å². The summed E-state index contributed by atoms with van der Waals surface area (Å²) in [5, 5.41) is 6.32. The Hall–Kier alpha value is -3.15. The number of hydrogen-bond donors (Lipinski definition) is 2. The van der Waals surface area contributed by atoms with Gasteiger partial charge in [0.2, 0.25) is 11.9 Å². The van der Waals surface area contributed by atoms with Gasteiger partial charge in [0, 0.05) is 11.4 Å². The average molecular weight is 321 g/mol. The van der Waals surface area contributed by atoms with Crippen LogP contribution in [-0.4, -0.2) is 22.1 Å². The number of aromatic nitrogens is 3. The zero-order valence-corrected chi connectivity index (χ0v) is 13.9. The summed E-state index contributed by atoms with van der Waals surface area (Å²) in [5.41, 5.74) is 4.18. The van der Waals surface area contributed by atoms with Crippen molar-refractivity contribution < 1.29 is 4.74 Å². The molecule has 0 aliphatic rings. The minimum atomic E-state index is 0.245. The average Bonchev–Trinajstić information content (AvgIpc) is 2.59. The third-order valence-electron chi connectivity index (χ3n) is 3.41. The van der Waals surface area contributed by atoms with Crippen LogP contribution in [0, 0.1) is 13.8 Å². The molecule has 24 heavy (non-hydrogen) atoms. The molecule has 0 saturated carbocycles. The largest absolute Gasteiger partial charge is 0.467 e. The topological polar surface area (TPSA) is 72.0 Å². The Kier molecular flexibility index (Phi) is 4.56. The summed E-state index contributed by atoms with van der Waals surface area (Å²) in [6.45, 7) is 4.08. The molecule has 6 heteroatoms. The fourth-order valence-electron chi connectivity index (χ4n) is 2.09. The molecule has 0 bridgehead atoms. The first kappa shape index (κ1) is 15.7. The second kappa shape index (κ2) is 6.95. The first-order chi connectivity index (χ1) is 11.6. The SMILES string of the molecule is COc1nc(Nc2ccc(C)cc2)nc(Nc2ccc(C)cc2)n1. The van der Waals surface area contributed by atoms with E-state index in [0.717, 1.165) is 11.4 Å². The molecule has 0 fully saturated rings. The lowest BCUT2D eigenvalue weighted by Crippen LogP contribution is -2.05. The van der Waals surface area contributed by atoms with E-state index in [1.807, 2.05) is 62.4 Å². The Labute approximate surface area is 141 Å². The van der Waals surface area contributed by atoms with Crippen LogP contribution < -0.4 is 15.4 Å². The quantitative estimate of drug-likeness (QED) is 0.740. The third kappa shape index (κ3) is 3.98. The molecule has 0 atom stereocenters. The minimum absolute atomic E-state index is 0.245. The molecule has 0 amide bonds. The molecule has 0 aliphatic heterocycles. The van der Waals surface area contributed by atoms with Gasteiger partial charge in [-0.25, -0.2) is 0 Å². The lowest BCUT2D eigenvalue weighted by Gasteiger charge is -2.10. The second-order valence-electron chi connectivity index (χ2n) is 5.45. The number of ether oxygens (including phenoxy) is 1. The number of nitrogens with zero attached hydrogens (tertiary/aromatic N) is 3. The number of rotatable bonds is 5. The van der Waals surface area contributed by atoms with Gasteiger partial charge in [0.1, 0.15) is 0 Å². The zero-order valence-electron chi connectivity index (χ0n) is 13.9. The summed E-state index contributed by atoms with van der Waals surface area (Å²) in [7, 11) is 1.53. The number of benzene rings is 2. The van der Waals surface area contributed by atoms with Crippen molar-refractivity contribution in [3.63, 3.8) is 0 Å². The van der Waals surface area contributed by atoms with Crippen molar-refractivity contribution in [3.05, 3.63) is 59.7 Å². The summed E-state index contributed by atoms with van der Waals surface area (Å²) in [6, 6.07) is 16.2. The maximum absolute atomic E-state index is 5.17.